The zero-order chi connectivity index (χ0) is 19.5. The van der Waals surface area contributed by atoms with Crippen LogP contribution in [0.3, 0.4) is 0 Å². The molecule has 0 saturated heterocycles. The fourth-order valence-electron chi connectivity index (χ4n) is 3.27. The molecule has 1 aromatic heterocycles. The summed E-state index contributed by atoms with van der Waals surface area (Å²) in [5.41, 5.74) is 3.44. The Labute approximate surface area is 163 Å². The molecule has 3 aromatic rings. The molecule has 1 amide bonds. The number of amides is 1. The molecule has 0 saturated carbocycles. The number of nitrogens with zero attached hydrogens (tertiary/aromatic N) is 2. The molecular weight excluding hydrogens is 354 g/mol. The number of hydrogen-bond acceptors (Lipinski definition) is 5. The summed E-state index contributed by atoms with van der Waals surface area (Å²) in [5.74, 6) is 1.25. The number of para-hydroxylation sites is 1. The minimum atomic E-state index is -0.287. The Morgan fingerprint density at radius 1 is 1.07 bits per heavy atom. The Kier molecular flexibility index (Phi) is 4.85. The highest BCUT2D eigenvalue weighted by Gasteiger charge is 2.30. The summed E-state index contributed by atoms with van der Waals surface area (Å²) < 4.78 is 11.4. The number of benzene rings is 2. The van der Waals surface area contributed by atoms with E-state index in [0.717, 1.165) is 16.8 Å². The van der Waals surface area contributed by atoms with E-state index in [4.69, 9.17) is 9.47 Å². The van der Waals surface area contributed by atoms with Crippen molar-refractivity contribution in [1.82, 2.24) is 9.88 Å². The molecule has 6 nitrogen and oxygen atoms in total. The quantitative estimate of drug-likeness (QED) is 0.734. The SMILES string of the molecule is COc1cc([C@H]2Nc3ccccc3C(=O)N2C)ccc1OCc1ccncc1. The normalized spacial score (nSPS) is 15.6. The van der Waals surface area contributed by atoms with Gasteiger partial charge in [0.05, 0.1) is 12.7 Å². The first-order valence-corrected chi connectivity index (χ1v) is 9.00. The van der Waals surface area contributed by atoms with Crippen molar-refractivity contribution < 1.29 is 14.3 Å². The maximum absolute atomic E-state index is 12.7. The summed E-state index contributed by atoms with van der Waals surface area (Å²) in [7, 11) is 3.40. The minimum Gasteiger partial charge on any atom is -0.493 e. The van der Waals surface area contributed by atoms with E-state index in [1.807, 2.05) is 54.6 Å². The Morgan fingerprint density at radius 3 is 2.64 bits per heavy atom. The lowest BCUT2D eigenvalue weighted by Crippen LogP contribution is -2.40. The fourth-order valence-corrected chi connectivity index (χ4v) is 3.27. The second-order valence-electron chi connectivity index (χ2n) is 6.56. The predicted octanol–water partition coefficient (Wildman–Crippen LogP) is 3.87. The predicted molar refractivity (Wildman–Crippen MR) is 106 cm³/mol. The van der Waals surface area contributed by atoms with Crippen LogP contribution < -0.4 is 14.8 Å². The first-order valence-electron chi connectivity index (χ1n) is 9.00. The molecule has 2 heterocycles. The number of aromatic nitrogens is 1. The molecule has 1 N–H and O–H groups in total. The van der Waals surface area contributed by atoms with Gasteiger partial charge in [-0.25, -0.2) is 0 Å². The zero-order valence-electron chi connectivity index (χ0n) is 15.8. The number of anilines is 1. The van der Waals surface area contributed by atoms with Gasteiger partial charge < -0.3 is 19.7 Å². The summed E-state index contributed by atoms with van der Waals surface area (Å²) in [4.78, 5) is 18.4. The van der Waals surface area contributed by atoms with Crippen LogP contribution in [0.15, 0.2) is 67.0 Å². The summed E-state index contributed by atoms with van der Waals surface area (Å²) in [6.07, 6.45) is 3.18. The molecule has 2 aromatic carbocycles. The Balaban J connectivity index is 1.58. The Hall–Kier alpha value is -3.54. The average Bonchev–Trinajstić information content (AvgIpc) is 2.75. The van der Waals surface area contributed by atoms with Crippen LogP contribution >= 0.6 is 0 Å². The van der Waals surface area contributed by atoms with Gasteiger partial charge in [-0.05, 0) is 47.5 Å². The topological polar surface area (TPSA) is 63.7 Å². The van der Waals surface area contributed by atoms with Gasteiger partial charge in [-0.2, -0.15) is 0 Å². The first-order chi connectivity index (χ1) is 13.7. The molecule has 0 aliphatic carbocycles. The summed E-state index contributed by atoms with van der Waals surface area (Å²) in [5, 5.41) is 3.42. The maximum atomic E-state index is 12.7. The standard InChI is InChI=1S/C22H21N3O3/c1-25-21(24-18-6-4-3-5-17(18)22(25)26)16-7-8-19(20(13-16)27-2)28-14-15-9-11-23-12-10-15/h3-13,21,24H,14H2,1-2H3/t21-/m0/s1. The van der Waals surface area contributed by atoms with Crippen molar-refractivity contribution in [2.45, 2.75) is 12.8 Å². The molecule has 6 heteroatoms. The molecule has 0 unspecified atom stereocenters. The highest BCUT2D eigenvalue weighted by molar-refractivity contribution is 6.01. The number of hydrogen-bond donors (Lipinski definition) is 1. The van der Waals surface area contributed by atoms with Crippen LogP contribution in [0.5, 0.6) is 11.5 Å². The van der Waals surface area contributed by atoms with Gasteiger partial charge in [-0.3, -0.25) is 9.78 Å². The largest absolute Gasteiger partial charge is 0.493 e. The number of carbonyl (C=O) groups is 1. The van der Waals surface area contributed by atoms with Crippen LogP contribution in [-0.2, 0) is 6.61 Å². The summed E-state index contributed by atoms with van der Waals surface area (Å²) >= 11 is 0. The molecule has 0 spiro atoms. The van der Waals surface area contributed by atoms with Crippen molar-refractivity contribution in [1.29, 1.82) is 0 Å². The second kappa shape index (κ2) is 7.60. The Bertz CT molecular complexity index is 991. The van der Waals surface area contributed by atoms with Gasteiger partial charge in [0.1, 0.15) is 12.8 Å². The third-order valence-electron chi connectivity index (χ3n) is 4.80. The number of nitrogens with one attached hydrogen (secondary N) is 1. The average molecular weight is 375 g/mol. The van der Waals surface area contributed by atoms with Crippen molar-refractivity contribution in [3.63, 3.8) is 0 Å². The monoisotopic (exact) mass is 375 g/mol. The highest BCUT2D eigenvalue weighted by Crippen LogP contribution is 2.36. The molecular formula is C22H21N3O3. The van der Waals surface area contributed by atoms with Crippen LogP contribution in [-0.4, -0.2) is 29.9 Å². The van der Waals surface area contributed by atoms with Crippen molar-refractivity contribution in [3.8, 4) is 11.5 Å². The van der Waals surface area contributed by atoms with E-state index >= 15 is 0 Å². The molecule has 1 aliphatic heterocycles. The van der Waals surface area contributed by atoms with Gasteiger partial charge in [0.25, 0.3) is 5.91 Å². The summed E-state index contributed by atoms with van der Waals surface area (Å²) in [6.45, 7) is 0.422. The maximum Gasteiger partial charge on any atom is 0.257 e. The number of fused-ring (bicyclic) bond motifs is 1. The first kappa shape index (κ1) is 17.9. The van der Waals surface area contributed by atoms with E-state index in [1.54, 1.807) is 31.5 Å². The molecule has 4 rings (SSSR count). The van der Waals surface area contributed by atoms with Crippen LogP contribution in [0, 0.1) is 0 Å². The van der Waals surface area contributed by atoms with Crippen LogP contribution in [0.1, 0.15) is 27.7 Å². The third-order valence-corrected chi connectivity index (χ3v) is 4.80. The van der Waals surface area contributed by atoms with E-state index in [-0.39, 0.29) is 12.1 Å². The highest BCUT2D eigenvalue weighted by atomic mass is 16.5. The minimum absolute atomic E-state index is 0.0173. The number of methoxy groups -OCH3 is 1. The van der Waals surface area contributed by atoms with Crippen molar-refractivity contribution in [3.05, 3.63) is 83.7 Å². The van der Waals surface area contributed by atoms with E-state index in [0.29, 0.717) is 23.7 Å². The van der Waals surface area contributed by atoms with Crippen molar-refractivity contribution >= 4 is 11.6 Å². The second-order valence-corrected chi connectivity index (χ2v) is 6.56. The molecule has 1 atom stereocenters. The van der Waals surface area contributed by atoms with Crippen molar-refractivity contribution in [2.24, 2.45) is 0 Å². The van der Waals surface area contributed by atoms with E-state index in [2.05, 4.69) is 10.3 Å². The lowest BCUT2D eigenvalue weighted by atomic mass is 10.0. The number of ether oxygens (including phenoxy) is 2. The van der Waals surface area contributed by atoms with Crippen LogP contribution in [0.25, 0.3) is 0 Å². The molecule has 0 fully saturated rings. The van der Waals surface area contributed by atoms with Crippen molar-refractivity contribution in [2.75, 3.05) is 19.5 Å². The van der Waals surface area contributed by atoms with E-state index in [9.17, 15) is 4.79 Å². The molecule has 0 radical (unpaired) electrons. The zero-order valence-corrected chi connectivity index (χ0v) is 15.8. The Morgan fingerprint density at radius 2 is 1.86 bits per heavy atom. The summed E-state index contributed by atoms with van der Waals surface area (Å²) in [6, 6.07) is 17.1. The lowest BCUT2D eigenvalue weighted by molar-refractivity contribution is 0.0735. The van der Waals surface area contributed by atoms with Gasteiger partial charge in [0, 0.05) is 25.1 Å². The number of rotatable bonds is 5. The van der Waals surface area contributed by atoms with E-state index in [1.165, 1.54) is 0 Å². The van der Waals surface area contributed by atoms with Gasteiger partial charge in [-0.15, -0.1) is 0 Å². The molecule has 142 valence electrons. The third kappa shape index (κ3) is 3.36. The fraction of sp³-hybridized carbons (Fsp3) is 0.182. The van der Waals surface area contributed by atoms with Crippen LogP contribution in [0.2, 0.25) is 0 Å². The number of pyridine rings is 1. The number of carbonyl (C=O) groups excluding carboxylic acids is 1. The van der Waals surface area contributed by atoms with Crippen LogP contribution in [0.4, 0.5) is 5.69 Å². The van der Waals surface area contributed by atoms with Gasteiger partial charge >= 0.3 is 0 Å². The van der Waals surface area contributed by atoms with Gasteiger partial charge in [0.2, 0.25) is 0 Å². The van der Waals surface area contributed by atoms with Gasteiger partial charge in [0.15, 0.2) is 11.5 Å². The molecule has 0 bridgehead atoms. The molecule has 1 aliphatic rings. The molecule has 28 heavy (non-hydrogen) atoms. The lowest BCUT2D eigenvalue weighted by Gasteiger charge is -2.35. The van der Waals surface area contributed by atoms with Gasteiger partial charge in [-0.1, -0.05) is 18.2 Å². The smallest absolute Gasteiger partial charge is 0.257 e. The van der Waals surface area contributed by atoms with E-state index < -0.39 is 0 Å².